The summed E-state index contributed by atoms with van der Waals surface area (Å²) in [6.07, 6.45) is 2.41. The van der Waals surface area contributed by atoms with Gasteiger partial charge in [0, 0.05) is 0 Å². The van der Waals surface area contributed by atoms with Gasteiger partial charge in [0.25, 0.3) is 0 Å². The molecule has 3 heteroatoms. The lowest BCUT2D eigenvalue weighted by atomic mass is 9.87. The van der Waals surface area contributed by atoms with Gasteiger partial charge in [0.05, 0.1) is 12.0 Å². The van der Waals surface area contributed by atoms with Crippen molar-refractivity contribution >= 4 is 5.97 Å². The van der Waals surface area contributed by atoms with Gasteiger partial charge in [-0.1, -0.05) is 32.9 Å². The molecule has 118 valence electrons. The molecule has 0 fully saturated rings. The minimum atomic E-state index is -0.735. The van der Waals surface area contributed by atoms with Crippen LogP contribution in [0.15, 0.2) is 24.3 Å². The summed E-state index contributed by atoms with van der Waals surface area (Å²) in [6.45, 7) is 10.7. The molecular formula is C18H28O3. The maximum atomic E-state index is 11.0. The number of ether oxygens (including phenoxy) is 1. The van der Waals surface area contributed by atoms with Gasteiger partial charge in [0.2, 0.25) is 0 Å². The van der Waals surface area contributed by atoms with Crippen LogP contribution in [0, 0.1) is 5.41 Å². The SMILES string of the molecule is CC(C)(CCCCOc1ccc(C(C)(C)C)cc1)C(=O)O. The van der Waals surface area contributed by atoms with E-state index in [4.69, 9.17) is 9.84 Å². The van der Waals surface area contributed by atoms with Crippen LogP contribution < -0.4 is 4.74 Å². The molecule has 0 bridgehead atoms. The topological polar surface area (TPSA) is 46.5 Å². The lowest BCUT2D eigenvalue weighted by Gasteiger charge is -2.19. The Bertz CT molecular complexity index is 452. The molecule has 0 unspecified atom stereocenters. The minimum absolute atomic E-state index is 0.154. The molecule has 0 heterocycles. The van der Waals surface area contributed by atoms with E-state index in [2.05, 4.69) is 32.9 Å². The quantitative estimate of drug-likeness (QED) is 0.744. The summed E-state index contributed by atoms with van der Waals surface area (Å²) < 4.78 is 5.70. The summed E-state index contributed by atoms with van der Waals surface area (Å²) in [5, 5.41) is 9.04. The van der Waals surface area contributed by atoms with Crippen molar-refractivity contribution in [3.8, 4) is 5.75 Å². The molecule has 0 atom stereocenters. The van der Waals surface area contributed by atoms with E-state index in [0.29, 0.717) is 13.0 Å². The molecule has 21 heavy (non-hydrogen) atoms. The van der Waals surface area contributed by atoms with Gasteiger partial charge >= 0.3 is 5.97 Å². The molecule has 0 radical (unpaired) electrons. The molecule has 0 amide bonds. The molecule has 0 aromatic heterocycles. The molecular weight excluding hydrogens is 264 g/mol. The lowest BCUT2D eigenvalue weighted by Crippen LogP contribution is -2.23. The first-order valence-electron chi connectivity index (χ1n) is 7.60. The molecule has 1 rings (SSSR count). The predicted octanol–water partition coefficient (Wildman–Crippen LogP) is 4.64. The zero-order chi connectivity index (χ0) is 16.1. The third-order valence-corrected chi connectivity index (χ3v) is 3.76. The van der Waals surface area contributed by atoms with Crippen molar-refractivity contribution in [2.75, 3.05) is 6.61 Å². The van der Waals surface area contributed by atoms with Crippen molar-refractivity contribution < 1.29 is 14.6 Å². The zero-order valence-corrected chi connectivity index (χ0v) is 13.9. The number of aliphatic carboxylic acids is 1. The van der Waals surface area contributed by atoms with Crippen LogP contribution in [0.25, 0.3) is 0 Å². The Morgan fingerprint density at radius 3 is 2.10 bits per heavy atom. The van der Waals surface area contributed by atoms with Gasteiger partial charge < -0.3 is 9.84 Å². The van der Waals surface area contributed by atoms with Gasteiger partial charge in [0.1, 0.15) is 5.75 Å². The third kappa shape index (κ3) is 5.78. The maximum absolute atomic E-state index is 11.0. The number of carbonyl (C=O) groups is 1. The van der Waals surface area contributed by atoms with Crippen molar-refractivity contribution in [1.29, 1.82) is 0 Å². The van der Waals surface area contributed by atoms with E-state index >= 15 is 0 Å². The van der Waals surface area contributed by atoms with E-state index < -0.39 is 11.4 Å². The van der Waals surface area contributed by atoms with Gasteiger partial charge in [0.15, 0.2) is 0 Å². The Hall–Kier alpha value is -1.51. The minimum Gasteiger partial charge on any atom is -0.494 e. The molecule has 0 aliphatic heterocycles. The molecule has 0 saturated carbocycles. The fourth-order valence-electron chi connectivity index (χ4n) is 2.02. The fraction of sp³-hybridized carbons (Fsp3) is 0.611. The molecule has 0 saturated heterocycles. The summed E-state index contributed by atoms with van der Waals surface area (Å²) in [5.41, 5.74) is 0.799. The average Bonchev–Trinajstić information content (AvgIpc) is 2.37. The predicted molar refractivity (Wildman–Crippen MR) is 85.9 cm³/mol. The van der Waals surface area contributed by atoms with Gasteiger partial charge in [-0.2, -0.15) is 0 Å². The first-order chi connectivity index (χ1) is 9.63. The standard InChI is InChI=1S/C18H28O3/c1-17(2,3)14-8-10-15(11-9-14)21-13-7-6-12-18(4,5)16(19)20/h8-11H,6-7,12-13H2,1-5H3,(H,19,20). The number of carboxylic acids is 1. The van der Waals surface area contributed by atoms with Crippen LogP contribution in [0.5, 0.6) is 5.75 Å². The number of benzene rings is 1. The number of unbranched alkanes of at least 4 members (excludes halogenated alkanes) is 1. The van der Waals surface area contributed by atoms with Gasteiger partial charge in [-0.25, -0.2) is 0 Å². The first-order valence-corrected chi connectivity index (χ1v) is 7.60. The fourth-order valence-corrected chi connectivity index (χ4v) is 2.02. The van der Waals surface area contributed by atoms with Crippen LogP contribution in [-0.2, 0) is 10.2 Å². The van der Waals surface area contributed by atoms with Crippen LogP contribution in [0.4, 0.5) is 0 Å². The van der Waals surface area contributed by atoms with Crippen LogP contribution in [0.2, 0.25) is 0 Å². The van der Waals surface area contributed by atoms with E-state index in [1.165, 1.54) is 5.56 Å². The molecule has 1 aromatic rings. The Balaban J connectivity index is 2.32. The van der Waals surface area contributed by atoms with E-state index in [0.717, 1.165) is 18.6 Å². The van der Waals surface area contributed by atoms with E-state index in [1.807, 2.05) is 12.1 Å². The van der Waals surface area contributed by atoms with Gasteiger partial charge in [-0.15, -0.1) is 0 Å². The number of rotatable bonds is 7. The highest BCUT2D eigenvalue weighted by atomic mass is 16.5. The number of hydrogen-bond donors (Lipinski definition) is 1. The van der Waals surface area contributed by atoms with Crippen molar-refractivity contribution in [2.45, 2.75) is 59.3 Å². The first kappa shape index (κ1) is 17.5. The van der Waals surface area contributed by atoms with Crippen molar-refractivity contribution in [1.82, 2.24) is 0 Å². The Kier molecular flexibility index (Phi) is 5.82. The number of hydrogen-bond acceptors (Lipinski definition) is 2. The third-order valence-electron chi connectivity index (χ3n) is 3.76. The zero-order valence-electron chi connectivity index (χ0n) is 13.9. The van der Waals surface area contributed by atoms with E-state index in [9.17, 15) is 4.79 Å². The van der Waals surface area contributed by atoms with Crippen molar-refractivity contribution in [3.63, 3.8) is 0 Å². The molecule has 1 N–H and O–H groups in total. The van der Waals surface area contributed by atoms with Crippen molar-refractivity contribution in [2.24, 2.45) is 5.41 Å². The second-order valence-electron chi connectivity index (χ2n) is 7.27. The van der Waals surface area contributed by atoms with E-state index in [1.54, 1.807) is 13.8 Å². The lowest BCUT2D eigenvalue weighted by molar-refractivity contribution is -0.147. The Labute approximate surface area is 128 Å². The van der Waals surface area contributed by atoms with E-state index in [-0.39, 0.29) is 5.41 Å². The maximum Gasteiger partial charge on any atom is 0.309 e. The monoisotopic (exact) mass is 292 g/mol. The molecule has 1 aromatic carbocycles. The van der Waals surface area contributed by atoms with Crippen LogP contribution in [0.3, 0.4) is 0 Å². The van der Waals surface area contributed by atoms with Gasteiger partial charge in [-0.3, -0.25) is 4.79 Å². The smallest absolute Gasteiger partial charge is 0.309 e. The highest BCUT2D eigenvalue weighted by Crippen LogP contribution is 2.25. The summed E-state index contributed by atoms with van der Waals surface area (Å²) in [7, 11) is 0. The normalized spacial score (nSPS) is 12.2. The van der Waals surface area contributed by atoms with Gasteiger partial charge in [-0.05, 0) is 56.2 Å². The molecule has 0 spiro atoms. The summed E-state index contributed by atoms with van der Waals surface area (Å²) in [4.78, 5) is 11.0. The highest BCUT2D eigenvalue weighted by Gasteiger charge is 2.25. The van der Waals surface area contributed by atoms with Crippen LogP contribution in [-0.4, -0.2) is 17.7 Å². The summed E-state index contributed by atoms with van der Waals surface area (Å²) >= 11 is 0. The van der Waals surface area contributed by atoms with Crippen molar-refractivity contribution in [3.05, 3.63) is 29.8 Å². The Morgan fingerprint density at radius 1 is 1.05 bits per heavy atom. The molecule has 0 aliphatic carbocycles. The number of carboxylic acid groups (broad SMARTS) is 1. The molecule has 0 aliphatic rings. The second kappa shape index (κ2) is 6.97. The van der Waals surface area contributed by atoms with Crippen LogP contribution in [0.1, 0.15) is 59.4 Å². The second-order valence-corrected chi connectivity index (χ2v) is 7.27. The Morgan fingerprint density at radius 2 is 1.62 bits per heavy atom. The summed E-state index contributed by atoms with van der Waals surface area (Å²) in [6, 6.07) is 8.20. The average molecular weight is 292 g/mol. The highest BCUT2D eigenvalue weighted by molar-refractivity contribution is 5.73. The summed E-state index contributed by atoms with van der Waals surface area (Å²) in [5.74, 6) is 0.140. The molecule has 3 nitrogen and oxygen atoms in total. The van der Waals surface area contributed by atoms with Crippen LogP contribution >= 0.6 is 0 Å². The largest absolute Gasteiger partial charge is 0.494 e.